The van der Waals surface area contributed by atoms with Crippen molar-refractivity contribution in [2.45, 2.75) is 0 Å². The SMILES string of the molecule is O=C1[O][Pb](=[O])[O]C1=O. The minimum absolute atomic E-state index is 1.12. The van der Waals surface area contributed by atoms with E-state index in [9.17, 15) is 12.3 Å². The zero-order valence-corrected chi connectivity index (χ0v) is 7.43. The van der Waals surface area contributed by atoms with Crippen molar-refractivity contribution >= 4 is 35.6 Å². The molecule has 1 rings (SSSR count). The monoisotopic (exact) mass is 312 g/mol. The van der Waals surface area contributed by atoms with Crippen LogP contribution in [-0.2, 0) is 17.6 Å². The van der Waals surface area contributed by atoms with Gasteiger partial charge in [0.05, 0.1) is 0 Å². The zero-order valence-electron chi connectivity index (χ0n) is 3.54. The first-order valence-electron chi connectivity index (χ1n) is 1.68. The van der Waals surface area contributed by atoms with Crippen LogP contribution in [0.5, 0.6) is 0 Å². The van der Waals surface area contributed by atoms with Crippen LogP contribution < -0.4 is 0 Å². The second kappa shape index (κ2) is 1.88. The second-order valence-electron chi connectivity index (χ2n) is 1.03. The molecule has 0 N–H and O–H groups in total. The molecule has 1 heterocycles. The molecule has 1 aliphatic rings. The summed E-state index contributed by atoms with van der Waals surface area (Å²) in [7, 11) is 0. The van der Waals surface area contributed by atoms with E-state index in [4.69, 9.17) is 0 Å². The molecule has 8 heavy (non-hydrogen) atoms. The Morgan fingerprint density at radius 2 is 1.50 bits per heavy atom. The van der Waals surface area contributed by atoms with Crippen molar-refractivity contribution in [3.05, 3.63) is 0 Å². The molecule has 0 aliphatic carbocycles. The summed E-state index contributed by atoms with van der Waals surface area (Å²) in [5.74, 6) is -2.25. The summed E-state index contributed by atoms with van der Waals surface area (Å²) in [4.78, 5) is 19.9. The molecule has 1 saturated heterocycles. The molecular weight excluding hydrogens is 311 g/mol. The van der Waals surface area contributed by atoms with Crippen LogP contribution in [0.25, 0.3) is 0 Å². The Hall–Kier alpha value is -0.338. The van der Waals surface area contributed by atoms with Crippen LogP contribution in [0.15, 0.2) is 0 Å². The predicted molar refractivity (Wildman–Crippen MR) is 18.6 cm³/mol. The molecule has 0 spiro atoms. The van der Waals surface area contributed by atoms with Crippen molar-refractivity contribution in [2.24, 2.45) is 0 Å². The van der Waals surface area contributed by atoms with Gasteiger partial charge in [-0.3, -0.25) is 0 Å². The molecule has 42 valence electrons. The van der Waals surface area contributed by atoms with E-state index in [-0.39, 0.29) is 0 Å². The fraction of sp³-hybridized carbons (Fsp3) is 0. The van der Waals surface area contributed by atoms with Crippen molar-refractivity contribution in [1.29, 1.82) is 0 Å². The summed E-state index contributed by atoms with van der Waals surface area (Å²) < 4.78 is 17.9. The van der Waals surface area contributed by atoms with Gasteiger partial charge in [-0.1, -0.05) is 0 Å². The first-order chi connectivity index (χ1) is 3.70. The van der Waals surface area contributed by atoms with Crippen LogP contribution in [0.4, 0.5) is 0 Å². The maximum atomic E-state index is 10.1. The Kier molecular flexibility index (Phi) is 1.36. The van der Waals surface area contributed by atoms with Crippen LogP contribution in [0.3, 0.4) is 0 Å². The molecule has 0 radical (unpaired) electrons. The van der Waals surface area contributed by atoms with E-state index in [1.54, 1.807) is 0 Å². The second-order valence-corrected chi connectivity index (χ2v) is 4.56. The molecular formula is C2O5Pb. The van der Waals surface area contributed by atoms with Gasteiger partial charge < -0.3 is 0 Å². The number of carbonyl (C=O) groups excluding carboxylic acids is 2. The Bertz CT molecular complexity index is 153. The number of hydrogen-bond acceptors (Lipinski definition) is 5. The van der Waals surface area contributed by atoms with Gasteiger partial charge in [0.15, 0.2) is 0 Å². The van der Waals surface area contributed by atoms with Crippen LogP contribution >= 0.6 is 0 Å². The average molecular weight is 311 g/mol. The van der Waals surface area contributed by atoms with Crippen molar-refractivity contribution in [2.75, 3.05) is 0 Å². The Balaban J connectivity index is 2.79. The Morgan fingerprint density at radius 3 is 1.62 bits per heavy atom. The van der Waals surface area contributed by atoms with E-state index >= 15 is 0 Å². The maximum absolute atomic E-state index is 10.1. The Labute approximate surface area is 53.5 Å². The fourth-order valence-corrected chi connectivity index (χ4v) is 2.24. The number of hydrogen-bond donors (Lipinski definition) is 0. The van der Waals surface area contributed by atoms with Gasteiger partial charge in [0, 0.05) is 0 Å². The quantitative estimate of drug-likeness (QED) is 0.402. The summed E-state index contributed by atoms with van der Waals surface area (Å²) in [6.07, 6.45) is 0. The van der Waals surface area contributed by atoms with Crippen LogP contribution in [0, 0.1) is 0 Å². The van der Waals surface area contributed by atoms with Crippen LogP contribution in [0.2, 0.25) is 0 Å². The molecule has 6 heteroatoms. The summed E-state index contributed by atoms with van der Waals surface area (Å²) in [6, 6.07) is 0. The third kappa shape index (κ3) is 0.905. The molecule has 5 nitrogen and oxygen atoms in total. The van der Waals surface area contributed by atoms with Crippen molar-refractivity contribution in [1.82, 2.24) is 0 Å². The summed E-state index contributed by atoms with van der Waals surface area (Å²) in [5, 5.41) is 0. The minimum atomic E-state index is -3.74. The van der Waals surface area contributed by atoms with Gasteiger partial charge in [-0.25, -0.2) is 0 Å². The molecule has 0 atom stereocenters. The molecule has 1 aliphatic heterocycles. The zero-order chi connectivity index (χ0) is 6.15. The van der Waals surface area contributed by atoms with Crippen LogP contribution in [-0.4, -0.2) is 35.6 Å². The average Bonchev–Trinajstić information content (AvgIpc) is 1.85. The standard InChI is InChI=1S/C2H2O4.O.Pb/c3-1(4)2(5)6;;/h(H,3,4)(H,5,6);;/q;;+2/p-2. The van der Waals surface area contributed by atoms with Gasteiger partial charge in [-0.2, -0.15) is 0 Å². The van der Waals surface area contributed by atoms with Crippen LogP contribution in [0.1, 0.15) is 0 Å². The van der Waals surface area contributed by atoms with Gasteiger partial charge >= 0.3 is 53.2 Å². The van der Waals surface area contributed by atoms with Gasteiger partial charge in [0.2, 0.25) is 0 Å². The number of rotatable bonds is 0. The molecule has 0 aromatic heterocycles. The van der Waals surface area contributed by atoms with Gasteiger partial charge in [0.1, 0.15) is 0 Å². The summed E-state index contributed by atoms with van der Waals surface area (Å²) in [5.41, 5.74) is 0. The summed E-state index contributed by atoms with van der Waals surface area (Å²) >= 11 is -3.74. The molecule has 0 bridgehead atoms. The number of carbonyl (C=O) groups is 2. The topological polar surface area (TPSA) is 69.7 Å². The van der Waals surface area contributed by atoms with E-state index < -0.39 is 35.6 Å². The van der Waals surface area contributed by atoms with E-state index in [0.717, 1.165) is 0 Å². The summed E-state index contributed by atoms with van der Waals surface area (Å²) in [6.45, 7) is 0. The molecule has 0 aromatic rings. The molecule has 1 fully saturated rings. The normalized spacial score (nSPS) is 18.2. The third-order valence-electron chi connectivity index (χ3n) is 0.519. The van der Waals surface area contributed by atoms with Crippen molar-refractivity contribution < 1.29 is 17.6 Å². The van der Waals surface area contributed by atoms with Gasteiger partial charge in [0.25, 0.3) is 0 Å². The van der Waals surface area contributed by atoms with E-state index in [2.05, 4.69) is 5.37 Å². The molecule has 0 unspecified atom stereocenters. The van der Waals surface area contributed by atoms with E-state index in [1.165, 1.54) is 0 Å². The third-order valence-corrected chi connectivity index (χ3v) is 3.26. The van der Waals surface area contributed by atoms with Gasteiger partial charge in [-0.15, -0.1) is 0 Å². The van der Waals surface area contributed by atoms with Gasteiger partial charge in [-0.05, 0) is 0 Å². The Morgan fingerprint density at radius 1 is 1.12 bits per heavy atom. The first kappa shape index (κ1) is 5.79. The molecule has 0 saturated carbocycles. The van der Waals surface area contributed by atoms with E-state index in [1.807, 2.05) is 0 Å². The van der Waals surface area contributed by atoms with Crippen molar-refractivity contribution in [3.8, 4) is 0 Å². The van der Waals surface area contributed by atoms with Crippen molar-refractivity contribution in [3.63, 3.8) is 0 Å². The van der Waals surface area contributed by atoms with E-state index in [0.29, 0.717) is 0 Å². The first-order valence-corrected chi connectivity index (χ1v) is 6.44. The fourth-order valence-electron chi connectivity index (χ4n) is 0.256. The molecule has 0 aromatic carbocycles. The predicted octanol–water partition coefficient (Wildman–Crippen LogP) is -1.50. The molecule has 0 amide bonds.